The highest BCUT2D eigenvalue weighted by Crippen LogP contribution is 2.30. The van der Waals surface area contributed by atoms with Crippen LogP contribution in [-0.2, 0) is 0 Å². The third-order valence-corrected chi connectivity index (χ3v) is 3.62. The zero-order valence-corrected chi connectivity index (χ0v) is 11.3. The van der Waals surface area contributed by atoms with Gasteiger partial charge in [0.2, 0.25) is 0 Å². The van der Waals surface area contributed by atoms with E-state index in [1.54, 1.807) is 18.3 Å². The van der Waals surface area contributed by atoms with E-state index in [1.807, 2.05) is 0 Å². The van der Waals surface area contributed by atoms with Crippen molar-refractivity contribution in [3.05, 3.63) is 54.4 Å². The van der Waals surface area contributed by atoms with E-state index < -0.39 is 11.6 Å². The lowest BCUT2D eigenvalue weighted by Crippen LogP contribution is -1.90. The molecule has 4 rings (SSSR count). The molecule has 3 aromatic heterocycles. The van der Waals surface area contributed by atoms with Crippen molar-refractivity contribution in [1.82, 2.24) is 15.0 Å². The fourth-order valence-electron chi connectivity index (χ4n) is 2.57. The summed E-state index contributed by atoms with van der Waals surface area (Å²) in [6.07, 6.45) is 3.13. The Labute approximate surface area is 123 Å². The third kappa shape index (κ3) is 1.81. The lowest BCUT2D eigenvalue weighted by molar-refractivity contribution is 0.511. The number of nitrogens with one attached hydrogen (secondary N) is 1. The Morgan fingerprint density at radius 3 is 2.73 bits per heavy atom. The predicted molar refractivity (Wildman–Crippen MR) is 81.2 cm³/mol. The van der Waals surface area contributed by atoms with Gasteiger partial charge in [-0.3, -0.25) is 0 Å². The van der Waals surface area contributed by atoms with Crippen molar-refractivity contribution in [2.75, 3.05) is 5.73 Å². The van der Waals surface area contributed by atoms with Gasteiger partial charge in [-0.2, -0.15) is 0 Å². The number of nitrogen functional groups attached to an aromatic ring is 1. The summed E-state index contributed by atoms with van der Waals surface area (Å²) < 4.78 is 27.3. The van der Waals surface area contributed by atoms with Gasteiger partial charge in [0.05, 0.1) is 11.7 Å². The van der Waals surface area contributed by atoms with Gasteiger partial charge in [0.15, 0.2) is 11.6 Å². The van der Waals surface area contributed by atoms with Crippen molar-refractivity contribution in [3.63, 3.8) is 0 Å². The lowest BCUT2D eigenvalue weighted by Gasteiger charge is -2.04. The molecule has 0 amide bonds. The Balaban J connectivity index is 2.02. The van der Waals surface area contributed by atoms with Crippen LogP contribution >= 0.6 is 0 Å². The Morgan fingerprint density at radius 1 is 1.00 bits per heavy atom. The minimum absolute atomic E-state index is 0.172. The molecule has 0 fully saturated rings. The largest absolute Gasteiger partial charge is 0.384 e. The molecule has 22 heavy (non-hydrogen) atoms. The van der Waals surface area contributed by atoms with E-state index in [2.05, 4.69) is 15.0 Å². The molecule has 4 aromatic rings. The van der Waals surface area contributed by atoms with Gasteiger partial charge in [-0.05, 0) is 18.2 Å². The molecule has 0 unspecified atom stereocenters. The molecular formula is C16H10F2N4. The third-order valence-electron chi connectivity index (χ3n) is 3.62. The molecule has 0 saturated heterocycles. The number of pyridine rings is 2. The standard InChI is InChI=1S/C16H10F2N4/c17-12-3-1-2-9(15(12)18)8-4-11-10-5-14(19)20-7-13(10)22-16(11)21-6-8/h1-7H,(H2,19,20)(H,21,22). The van der Waals surface area contributed by atoms with Crippen LogP contribution in [0.2, 0.25) is 0 Å². The summed E-state index contributed by atoms with van der Waals surface area (Å²) in [5.74, 6) is -1.38. The average molecular weight is 296 g/mol. The van der Waals surface area contributed by atoms with Crippen LogP contribution in [-0.4, -0.2) is 15.0 Å². The maximum absolute atomic E-state index is 14.0. The first-order valence-electron chi connectivity index (χ1n) is 6.61. The minimum atomic E-state index is -0.885. The molecule has 108 valence electrons. The van der Waals surface area contributed by atoms with Gasteiger partial charge in [0.1, 0.15) is 11.5 Å². The summed E-state index contributed by atoms with van der Waals surface area (Å²) in [4.78, 5) is 11.4. The zero-order valence-electron chi connectivity index (χ0n) is 11.3. The number of anilines is 1. The molecule has 0 saturated carbocycles. The highest BCUT2D eigenvalue weighted by atomic mass is 19.2. The highest BCUT2D eigenvalue weighted by Gasteiger charge is 2.13. The van der Waals surface area contributed by atoms with E-state index in [0.717, 1.165) is 22.4 Å². The van der Waals surface area contributed by atoms with Crippen LogP contribution in [0.3, 0.4) is 0 Å². The van der Waals surface area contributed by atoms with Crippen LogP contribution < -0.4 is 5.73 Å². The van der Waals surface area contributed by atoms with E-state index in [1.165, 1.54) is 18.3 Å². The number of hydrogen-bond donors (Lipinski definition) is 2. The summed E-state index contributed by atoms with van der Waals surface area (Å²) in [7, 11) is 0. The van der Waals surface area contributed by atoms with Gasteiger partial charge in [0, 0.05) is 28.1 Å². The number of aromatic amines is 1. The number of hydrogen-bond acceptors (Lipinski definition) is 3. The number of fused-ring (bicyclic) bond motifs is 3. The van der Waals surface area contributed by atoms with Gasteiger partial charge in [-0.15, -0.1) is 0 Å². The van der Waals surface area contributed by atoms with Crippen molar-refractivity contribution in [1.29, 1.82) is 0 Å². The zero-order chi connectivity index (χ0) is 15.3. The first kappa shape index (κ1) is 12.7. The quantitative estimate of drug-likeness (QED) is 0.563. The molecule has 3 heterocycles. The highest BCUT2D eigenvalue weighted by molar-refractivity contribution is 6.07. The molecule has 6 heteroatoms. The first-order valence-corrected chi connectivity index (χ1v) is 6.61. The van der Waals surface area contributed by atoms with Gasteiger partial charge < -0.3 is 10.7 Å². The van der Waals surface area contributed by atoms with Crippen LogP contribution in [0, 0.1) is 11.6 Å². The molecule has 4 nitrogen and oxygen atoms in total. The molecule has 3 N–H and O–H groups in total. The Bertz CT molecular complexity index is 1020. The van der Waals surface area contributed by atoms with Gasteiger partial charge >= 0.3 is 0 Å². The summed E-state index contributed by atoms with van der Waals surface area (Å²) >= 11 is 0. The number of rotatable bonds is 1. The monoisotopic (exact) mass is 296 g/mol. The van der Waals surface area contributed by atoms with E-state index >= 15 is 0 Å². The number of aromatic nitrogens is 3. The molecule has 0 aliphatic heterocycles. The van der Waals surface area contributed by atoms with Gasteiger partial charge in [-0.25, -0.2) is 18.7 Å². The van der Waals surface area contributed by atoms with E-state index in [4.69, 9.17) is 5.73 Å². The fourth-order valence-corrected chi connectivity index (χ4v) is 2.57. The summed E-state index contributed by atoms with van der Waals surface area (Å²) in [6.45, 7) is 0. The molecule has 0 spiro atoms. The number of nitrogens with zero attached hydrogens (tertiary/aromatic N) is 2. The number of benzene rings is 1. The van der Waals surface area contributed by atoms with Crippen molar-refractivity contribution in [2.45, 2.75) is 0 Å². The first-order chi connectivity index (χ1) is 10.6. The molecule has 0 aliphatic carbocycles. The van der Waals surface area contributed by atoms with Crippen molar-refractivity contribution in [3.8, 4) is 11.1 Å². The predicted octanol–water partition coefficient (Wildman–Crippen LogP) is 3.64. The molecule has 0 bridgehead atoms. The molecule has 0 aliphatic rings. The Hall–Kier alpha value is -3.02. The summed E-state index contributed by atoms with van der Waals surface area (Å²) in [5.41, 5.74) is 7.81. The van der Waals surface area contributed by atoms with Crippen LogP contribution in [0.25, 0.3) is 33.1 Å². The van der Waals surface area contributed by atoms with E-state index in [0.29, 0.717) is 17.0 Å². The molecule has 1 aromatic carbocycles. The second-order valence-corrected chi connectivity index (χ2v) is 5.00. The van der Waals surface area contributed by atoms with Crippen molar-refractivity contribution >= 4 is 27.8 Å². The van der Waals surface area contributed by atoms with Crippen molar-refractivity contribution in [2.24, 2.45) is 0 Å². The molecule has 0 radical (unpaired) electrons. The summed E-state index contributed by atoms with van der Waals surface area (Å²) in [5, 5.41) is 1.62. The number of H-pyrrole nitrogens is 1. The Morgan fingerprint density at radius 2 is 1.86 bits per heavy atom. The van der Waals surface area contributed by atoms with Crippen LogP contribution in [0.15, 0.2) is 42.7 Å². The molecular weight excluding hydrogens is 286 g/mol. The topological polar surface area (TPSA) is 67.6 Å². The number of nitrogens with two attached hydrogens (primary N) is 1. The average Bonchev–Trinajstić information content (AvgIpc) is 2.87. The summed E-state index contributed by atoms with van der Waals surface area (Å²) in [6, 6.07) is 7.56. The van der Waals surface area contributed by atoms with Crippen LogP contribution in [0.1, 0.15) is 0 Å². The van der Waals surface area contributed by atoms with E-state index in [9.17, 15) is 8.78 Å². The number of halogens is 2. The lowest BCUT2D eigenvalue weighted by atomic mass is 10.1. The van der Waals surface area contributed by atoms with Crippen LogP contribution in [0.4, 0.5) is 14.6 Å². The maximum atomic E-state index is 14.0. The Kier molecular flexibility index (Phi) is 2.59. The fraction of sp³-hybridized carbons (Fsp3) is 0. The normalized spacial score (nSPS) is 11.4. The van der Waals surface area contributed by atoms with Gasteiger partial charge in [0.25, 0.3) is 0 Å². The minimum Gasteiger partial charge on any atom is -0.384 e. The SMILES string of the molecule is Nc1cc2c(cn1)[nH]c1ncc(-c3cccc(F)c3F)cc12. The van der Waals surface area contributed by atoms with Crippen LogP contribution in [0.5, 0.6) is 0 Å². The van der Waals surface area contributed by atoms with E-state index in [-0.39, 0.29) is 5.56 Å². The second kappa shape index (κ2) is 4.49. The second-order valence-electron chi connectivity index (χ2n) is 5.00. The van der Waals surface area contributed by atoms with Gasteiger partial charge in [-0.1, -0.05) is 12.1 Å². The smallest absolute Gasteiger partial charge is 0.166 e. The van der Waals surface area contributed by atoms with Crippen molar-refractivity contribution < 1.29 is 8.78 Å². The maximum Gasteiger partial charge on any atom is 0.166 e. The molecule has 0 atom stereocenters.